The quantitative estimate of drug-likeness (QED) is 0.115. The first-order valence-electron chi connectivity index (χ1n) is 18.9. The van der Waals surface area contributed by atoms with E-state index in [2.05, 4.69) is 173 Å². The Kier molecular flexibility index (Phi) is 8.59. The summed E-state index contributed by atoms with van der Waals surface area (Å²) >= 11 is 0. The van der Waals surface area contributed by atoms with Crippen LogP contribution in [-0.2, 0) is 5.41 Å². The fourth-order valence-electron chi connectivity index (χ4n) is 8.35. The number of anilines is 5. The normalized spacial score (nSPS) is 13.2. The van der Waals surface area contributed by atoms with Crippen LogP contribution in [0.3, 0.4) is 0 Å². The summed E-state index contributed by atoms with van der Waals surface area (Å²) in [5.41, 5.74) is 21.7. The highest BCUT2D eigenvalue weighted by Gasteiger charge is 2.35. The average molecular weight is 727 g/mol. The molecule has 0 fully saturated rings. The molecule has 6 heteroatoms. The highest BCUT2D eigenvalue weighted by Crippen LogP contribution is 2.51. The van der Waals surface area contributed by atoms with Crippen molar-refractivity contribution < 1.29 is 0 Å². The maximum Gasteiger partial charge on any atom is 0.132 e. The van der Waals surface area contributed by atoms with Gasteiger partial charge in [0, 0.05) is 68.5 Å². The fraction of sp³-hybridized carbons (Fsp3) is 0.0800. The summed E-state index contributed by atoms with van der Waals surface area (Å²) in [7, 11) is 1.68. The second-order valence-electron chi connectivity index (χ2n) is 14.7. The molecule has 0 saturated carbocycles. The molecule has 1 heterocycles. The van der Waals surface area contributed by atoms with E-state index in [0.29, 0.717) is 5.84 Å². The number of fused-ring (bicyclic) bond motifs is 6. The molecule has 0 amide bonds. The van der Waals surface area contributed by atoms with Crippen molar-refractivity contribution in [2.24, 2.45) is 15.7 Å². The van der Waals surface area contributed by atoms with Gasteiger partial charge in [-0.25, -0.2) is 4.99 Å². The van der Waals surface area contributed by atoms with E-state index in [4.69, 9.17) is 5.73 Å². The van der Waals surface area contributed by atoms with E-state index < -0.39 is 0 Å². The molecule has 0 atom stereocenters. The van der Waals surface area contributed by atoms with Crippen molar-refractivity contribution in [3.8, 4) is 16.8 Å². The van der Waals surface area contributed by atoms with Gasteiger partial charge in [-0.3, -0.25) is 4.99 Å². The number of nitrogens with one attached hydrogen (secondary N) is 1. The van der Waals surface area contributed by atoms with Gasteiger partial charge in [0.1, 0.15) is 12.2 Å². The molecule has 1 aliphatic rings. The minimum absolute atomic E-state index is 0.150. The van der Waals surface area contributed by atoms with Gasteiger partial charge in [0.15, 0.2) is 0 Å². The van der Waals surface area contributed by atoms with Crippen molar-refractivity contribution in [3.05, 3.63) is 187 Å². The van der Waals surface area contributed by atoms with Crippen LogP contribution in [0.4, 0.5) is 28.4 Å². The predicted molar refractivity (Wildman–Crippen MR) is 238 cm³/mol. The van der Waals surface area contributed by atoms with Gasteiger partial charge < -0.3 is 20.5 Å². The lowest BCUT2D eigenvalue weighted by Crippen LogP contribution is -2.17. The monoisotopic (exact) mass is 726 g/mol. The fourth-order valence-corrected chi connectivity index (χ4v) is 8.35. The van der Waals surface area contributed by atoms with Gasteiger partial charge >= 0.3 is 0 Å². The van der Waals surface area contributed by atoms with Crippen LogP contribution < -0.4 is 16.0 Å². The molecule has 56 heavy (non-hydrogen) atoms. The van der Waals surface area contributed by atoms with Crippen LogP contribution >= 0.6 is 0 Å². The number of aliphatic imine (C=N–C) groups is 2. The van der Waals surface area contributed by atoms with Crippen LogP contribution in [0.25, 0.3) is 44.7 Å². The van der Waals surface area contributed by atoms with E-state index in [1.54, 1.807) is 7.05 Å². The van der Waals surface area contributed by atoms with Gasteiger partial charge in [0.25, 0.3) is 0 Å². The molecule has 272 valence electrons. The first-order chi connectivity index (χ1) is 27.4. The number of amidine groups is 1. The topological polar surface area (TPSA) is 70.9 Å². The first kappa shape index (κ1) is 34.6. The van der Waals surface area contributed by atoms with Crippen LogP contribution in [0.2, 0.25) is 0 Å². The summed E-state index contributed by atoms with van der Waals surface area (Å²) in [6.07, 6.45) is 3.44. The van der Waals surface area contributed by atoms with Crippen molar-refractivity contribution in [3.63, 3.8) is 0 Å². The third-order valence-corrected chi connectivity index (χ3v) is 11.0. The molecule has 0 bridgehead atoms. The van der Waals surface area contributed by atoms with E-state index in [9.17, 15) is 0 Å². The van der Waals surface area contributed by atoms with Gasteiger partial charge in [0.05, 0.1) is 11.0 Å². The summed E-state index contributed by atoms with van der Waals surface area (Å²) in [6, 6.07) is 56.0. The molecule has 0 unspecified atom stereocenters. The van der Waals surface area contributed by atoms with Crippen molar-refractivity contribution in [1.82, 2.24) is 4.57 Å². The van der Waals surface area contributed by atoms with Gasteiger partial charge in [-0.15, -0.1) is 0 Å². The average Bonchev–Trinajstić information content (AvgIpc) is 3.68. The number of hydrogen-bond donors (Lipinski definition) is 2. The Hall–Kier alpha value is -7.18. The molecule has 0 saturated heterocycles. The van der Waals surface area contributed by atoms with Gasteiger partial charge in [0.2, 0.25) is 0 Å². The van der Waals surface area contributed by atoms with E-state index >= 15 is 0 Å². The third kappa shape index (κ3) is 5.74. The maximum atomic E-state index is 6.34. The van der Waals surface area contributed by atoms with E-state index in [1.165, 1.54) is 28.6 Å². The third-order valence-electron chi connectivity index (χ3n) is 11.0. The van der Waals surface area contributed by atoms with Crippen LogP contribution in [0.5, 0.6) is 0 Å². The molecule has 1 aromatic heterocycles. The molecule has 7 aromatic carbocycles. The van der Waals surface area contributed by atoms with Crippen LogP contribution in [-0.4, -0.2) is 23.8 Å². The Morgan fingerprint density at radius 1 is 0.696 bits per heavy atom. The molecule has 0 spiro atoms. The number of rotatable bonds is 9. The van der Waals surface area contributed by atoms with Crippen LogP contribution in [0.15, 0.2) is 174 Å². The largest absolute Gasteiger partial charge is 0.383 e. The minimum atomic E-state index is -0.150. The maximum absolute atomic E-state index is 6.34. The lowest BCUT2D eigenvalue weighted by atomic mass is 9.82. The lowest BCUT2D eigenvalue weighted by molar-refractivity contribution is 0.660. The molecular weight excluding hydrogens is 685 g/mol. The Morgan fingerprint density at radius 3 is 2.11 bits per heavy atom. The smallest absolute Gasteiger partial charge is 0.132 e. The predicted octanol–water partition coefficient (Wildman–Crippen LogP) is 12.3. The molecule has 8 aromatic rings. The molecule has 3 N–H and O–H groups in total. The molecule has 0 aliphatic heterocycles. The number of para-hydroxylation sites is 2. The summed E-state index contributed by atoms with van der Waals surface area (Å²) in [6.45, 7) is 8.97. The van der Waals surface area contributed by atoms with Gasteiger partial charge in [-0.05, 0) is 107 Å². The zero-order valence-corrected chi connectivity index (χ0v) is 31.7. The minimum Gasteiger partial charge on any atom is -0.383 e. The number of nitrogens with two attached hydrogens (primary N) is 1. The summed E-state index contributed by atoms with van der Waals surface area (Å²) in [4.78, 5) is 10.6. The van der Waals surface area contributed by atoms with Crippen molar-refractivity contribution >= 4 is 68.5 Å². The van der Waals surface area contributed by atoms with Crippen molar-refractivity contribution in [1.29, 1.82) is 0 Å². The molecule has 0 radical (unpaired) electrons. The number of nitrogens with zero attached hydrogens (tertiary/aromatic N) is 4. The van der Waals surface area contributed by atoms with E-state index in [1.807, 2.05) is 36.4 Å². The second-order valence-corrected chi connectivity index (χ2v) is 14.7. The summed E-state index contributed by atoms with van der Waals surface area (Å²) in [5, 5.41) is 5.93. The van der Waals surface area contributed by atoms with Gasteiger partial charge in [-0.1, -0.05) is 99.3 Å². The SMILES string of the molecule is C=Cc1c(Nc2ccccc2)ccc2c3cc(N(c4ccc(C(N)=NC=NC)cc4)c4ccc5c(c4)C(C)(C)c4ccccc4-5)ccc3n(-c3ccccc3)c12. The molecule has 6 nitrogen and oxygen atoms in total. The first-order valence-corrected chi connectivity index (χ1v) is 18.9. The number of hydrogen-bond acceptors (Lipinski definition) is 3. The van der Waals surface area contributed by atoms with Gasteiger partial charge in [-0.2, -0.15) is 0 Å². The second kappa shape index (κ2) is 13.9. The number of aromatic nitrogens is 1. The summed E-state index contributed by atoms with van der Waals surface area (Å²) in [5.74, 6) is 0.417. The zero-order chi connectivity index (χ0) is 38.4. The standard InChI is InChI=1S/C50H42N6/c1-5-39-46(54-34-14-8-6-9-15-34)28-27-42-43-30-37(25-29-47(43)56(48(39)42)35-16-10-7-11-17-35)55(36-22-20-33(21-23-36)49(51)53-32-52-4)38-24-26-41-40-18-12-13-19-44(40)50(2,3)45(41)31-38/h5-32,54H,1H2,2-4H3,(H2,51,52,53). The molecular formula is C50H42N6. The van der Waals surface area contributed by atoms with E-state index in [-0.39, 0.29) is 5.41 Å². The molecule has 1 aliphatic carbocycles. The van der Waals surface area contributed by atoms with Crippen LogP contribution in [0, 0.1) is 0 Å². The van der Waals surface area contributed by atoms with E-state index in [0.717, 1.165) is 67.1 Å². The Labute approximate surface area is 327 Å². The molecule has 9 rings (SSSR count). The Bertz CT molecular complexity index is 2830. The van der Waals surface area contributed by atoms with Crippen LogP contribution in [0.1, 0.15) is 36.1 Å². The van der Waals surface area contributed by atoms with Crippen molar-refractivity contribution in [2.45, 2.75) is 19.3 Å². The highest BCUT2D eigenvalue weighted by molar-refractivity contribution is 6.14. The Balaban J connectivity index is 1.26. The highest BCUT2D eigenvalue weighted by atomic mass is 15.1. The number of benzene rings is 7. The Morgan fingerprint density at radius 2 is 1.36 bits per heavy atom. The summed E-state index contributed by atoms with van der Waals surface area (Å²) < 4.78 is 2.36. The zero-order valence-electron chi connectivity index (χ0n) is 31.7. The lowest BCUT2D eigenvalue weighted by Gasteiger charge is -2.28. The van der Waals surface area contributed by atoms with Crippen molar-refractivity contribution in [2.75, 3.05) is 17.3 Å².